The van der Waals surface area contributed by atoms with Gasteiger partial charge >= 0.3 is 0 Å². The van der Waals surface area contributed by atoms with E-state index in [1.807, 2.05) is 18.2 Å². The van der Waals surface area contributed by atoms with Crippen molar-refractivity contribution in [1.29, 1.82) is 0 Å². The summed E-state index contributed by atoms with van der Waals surface area (Å²) in [5.41, 5.74) is 1.04. The molecule has 1 aromatic carbocycles. The zero-order valence-corrected chi connectivity index (χ0v) is 12.7. The Morgan fingerprint density at radius 3 is 2.86 bits per heavy atom. The van der Waals surface area contributed by atoms with Crippen LogP contribution < -0.4 is 14.8 Å². The topological polar surface area (TPSA) is 69.4 Å². The molecule has 0 saturated carbocycles. The molecule has 6 heteroatoms. The Morgan fingerprint density at radius 2 is 2.19 bits per heavy atom. The quantitative estimate of drug-likeness (QED) is 0.753. The number of ether oxygens (including phenoxy) is 2. The van der Waals surface area contributed by atoms with Crippen LogP contribution in [0, 0.1) is 6.92 Å². The van der Waals surface area contributed by atoms with Crippen LogP contribution in [0.5, 0.6) is 11.5 Å². The van der Waals surface area contributed by atoms with Gasteiger partial charge in [-0.1, -0.05) is 12.1 Å². The Balaban J connectivity index is 2.05. The molecular formula is C15H21N3O3. The Labute approximate surface area is 124 Å². The van der Waals surface area contributed by atoms with Gasteiger partial charge in [0.15, 0.2) is 12.4 Å². The van der Waals surface area contributed by atoms with Crippen molar-refractivity contribution in [3.8, 4) is 11.5 Å². The number of hydrogen-bond acceptors (Lipinski definition) is 6. The molecule has 21 heavy (non-hydrogen) atoms. The van der Waals surface area contributed by atoms with Gasteiger partial charge in [0.25, 0.3) is 5.89 Å². The van der Waals surface area contributed by atoms with Gasteiger partial charge in [-0.05, 0) is 38.1 Å². The minimum atomic E-state index is 0.258. The Hall–Kier alpha value is -2.08. The summed E-state index contributed by atoms with van der Waals surface area (Å²) in [6, 6.07) is 5.74. The molecule has 1 N–H and O–H groups in total. The summed E-state index contributed by atoms with van der Waals surface area (Å²) in [6.45, 7) is 5.85. The molecule has 0 saturated heterocycles. The van der Waals surface area contributed by atoms with E-state index in [0.29, 0.717) is 11.7 Å². The predicted octanol–water partition coefficient (Wildman–Crippen LogP) is 2.47. The summed E-state index contributed by atoms with van der Waals surface area (Å²) in [6.07, 6.45) is 1.08. The van der Waals surface area contributed by atoms with Gasteiger partial charge in [-0.2, -0.15) is 4.98 Å². The molecule has 0 amide bonds. The van der Waals surface area contributed by atoms with Crippen LogP contribution in [0.2, 0.25) is 0 Å². The molecule has 0 spiro atoms. The van der Waals surface area contributed by atoms with E-state index in [9.17, 15) is 0 Å². The van der Waals surface area contributed by atoms with Crippen molar-refractivity contribution < 1.29 is 14.0 Å². The van der Waals surface area contributed by atoms with E-state index in [2.05, 4.69) is 22.4 Å². The van der Waals surface area contributed by atoms with Gasteiger partial charge in [0.1, 0.15) is 11.5 Å². The number of methoxy groups -OCH3 is 1. The summed E-state index contributed by atoms with van der Waals surface area (Å²) in [4.78, 5) is 4.12. The molecule has 1 aromatic heterocycles. The van der Waals surface area contributed by atoms with E-state index in [4.69, 9.17) is 14.0 Å². The molecule has 0 atom stereocenters. The van der Waals surface area contributed by atoms with Gasteiger partial charge in [0.05, 0.1) is 7.11 Å². The monoisotopic (exact) mass is 291 g/mol. The number of aromatic nitrogens is 2. The smallest absolute Gasteiger partial charge is 0.264 e. The van der Waals surface area contributed by atoms with Gasteiger partial charge in [0.2, 0.25) is 0 Å². The van der Waals surface area contributed by atoms with Crippen molar-refractivity contribution in [3.63, 3.8) is 0 Å². The maximum atomic E-state index is 5.77. The Morgan fingerprint density at radius 1 is 1.33 bits per heavy atom. The summed E-state index contributed by atoms with van der Waals surface area (Å²) in [7, 11) is 1.65. The van der Waals surface area contributed by atoms with Crippen molar-refractivity contribution in [2.24, 2.45) is 0 Å². The largest absolute Gasteiger partial charge is 0.497 e. The molecule has 0 aliphatic heterocycles. The first kappa shape index (κ1) is 15.3. The van der Waals surface area contributed by atoms with Crippen molar-refractivity contribution in [2.45, 2.75) is 33.4 Å². The van der Waals surface area contributed by atoms with E-state index in [0.717, 1.165) is 36.6 Å². The van der Waals surface area contributed by atoms with E-state index < -0.39 is 0 Å². The number of aryl methyl sites for hydroxylation is 1. The number of hydrogen-bond donors (Lipinski definition) is 1. The summed E-state index contributed by atoms with van der Waals surface area (Å²) < 4.78 is 16.1. The first-order valence-corrected chi connectivity index (χ1v) is 7.02. The second-order valence-electron chi connectivity index (χ2n) is 4.67. The average molecular weight is 291 g/mol. The van der Waals surface area contributed by atoms with E-state index >= 15 is 0 Å². The first-order valence-electron chi connectivity index (χ1n) is 7.02. The normalized spacial score (nSPS) is 10.6. The lowest BCUT2D eigenvalue weighted by molar-refractivity contribution is 0.240. The molecule has 0 aliphatic rings. The maximum Gasteiger partial charge on any atom is 0.264 e. The van der Waals surface area contributed by atoms with Gasteiger partial charge in [0, 0.05) is 12.1 Å². The summed E-state index contributed by atoms with van der Waals surface area (Å²) in [5.74, 6) is 2.67. The minimum absolute atomic E-state index is 0.258. The molecule has 1 heterocycles. The van der Waals surface area contributed by atoms with Crippen LogP contribution in [-0.2, 0) is 13.2 Å². The maximum absolute atomic E-state index is 5.77. The van der Waals surface area contributed by atoms with Crippen LogP contribution in [0.15, 0.2) is 22.7 Å². The van der Waals surface area contributed by atoms with E-state index in [-0.39, 0.29) is 6.61 Å². The highest BCUT2D eigenvalue weighted by Crippen LogP contribution is 2.25. The average Bonchev–Trinajstić information content (AvgIpc) is 2.91. The predicted molar refractivity (Wildman–Crippen MR) is 78.4 cm³/mol. The zero-order chi connectivity index (χ0) is 15.1. The summed E-state index contributed by atoms with van der Waals surface area (Å²) >= 11 is 0. The van der Waals surface area contributed by atoms with Crippen molar-refractivity contribution in [3.05, 3.63) is 35.5 Å². The number of nitrogens with one attached hydrogen (secondary N) is 1. The van der Waals surface area contributed by atoms with Crippen molar-refractivity contribution in [2.75, 3.05) is 13.7 Å². The van der Waals surface area contributed by atoms with Crippen LogP contribution in [-0.4, -0.2) is 23.8 Å². The number of rotatable bonds is 8. The van der Waals surface area contributed by atoms with Crippen LogP contribution in [0.25, 0.3) is 0 Å². The lowest BCUT2D eigenvalue weighted by Crippen LogP contribution is -2.14. The third-order valence-corrected chi connectivity index (χ3v) is 2.93. The van der Waals surface area contributed by atoms with Gasteiger partial charge in [-0.25, -0.2) is 0 Å². The molecule has 0 radical (unpaired) electrons. The van der Waals surface area contributed by atoms with Crippen LogP contribution in [0.3, 0.4) is 0 Å². The fourth-order valence-corrected chi connectivity index (χ4v) is 1.90. The van der Waals surface area contributed by atoms with Gasteiger partial charge < -0.3 is 19.3 Å². The summed E-state index contributed by atoms with van der Waals surface area (Å²) in [5, 5.41) is 7.10. The highest BCUT2D eigenvalue weighted by Gasteiger charge is 2.09. The molecular weight excluding hydrogens is 270 g/mol. The lowest BCUT2D eigenvalue weighted by atomic mass is 10.2. The molecule has 2 rings (SSSR count). The SMILES string of the molecule is CCCNCc1cc(OC)ccc1OCc1nc(C)no1. The third-order valence-electron chi connectivity index (χ3n) is 2.93. The van der Waals surface area contributed by atoms with Crippen molar-refractivity contribution in [1.82, 2.24) is 15.5 Å². The molecule has 0 fully saturated rings. The van der Waals surface area contributed by atoms with Crippen LogP contribution >= 0.6 is 0 Å². The standard InChI is InChI=1S/C15H21N3O3/c1-4-7-16-9-12-8-13(19-3)5-6-14(12)20-10-15-17-11(2)18-21-15/h5-6,8,16H,4,7,9-10H2,1-3H3. The Kier molecular flexibility index (Phi) is 5.57. The molecule has 2 aromatic rings. The first-order chi connectivity index (χ1) is 10.2. The molecule has 114 valence electrons. The molecule has 6 nitrogen and oxygen atoms in total. The highest BCUT2D eigenvalue weighted by molar-refractivity contribution is 5.40. The fraction of sp³-hybridized carbons (Fsp3) is 0.467. The third kappa shape index (κ3) is 4.46. The van der Waals surface area contributed by atoms with Crippen molar-refractivity contribution >= 4 is 0 Å². The Bertz CT molecular complexity index is 569. The lowest BCUT2D eigenvalue weighted by Gasteiger charge is -2.12. The highest BCUT2D eigenvalue weighted by atomic mass is 16.5. The zero-order valence-electron chi connectivity index (χ0n) is 12.7. The second kappa shape index (κ2) is 7.64. The van der Waals surface area contributed by atoms with Gasteiger partial charge in [-0.3, -0.25) is 0 Å². The molecule has 0 unspecified atom stereocenters. The molecule has 0 bridgehead atoms. The second-order valence-corrected chi connectivity index (χ2v) is 4.67. The van der Waals surface area contributed by atoms with Crippen LogP contribution in [0.4, 0.5) is 0 Å². The minimum Gasteiger partial charge on any atom is -0.497 e. The van der Waals surface area contributed by atoms with Gasteiger partial charge in [-0.15, -0.1) is 0 Å². The number of benzene rings is 1. The van der Waals surface area contributed by atoms with Crippen LogP contribution in [0.1, 0.15) is 30.6 Å². The molecule has 0 aliphatic carbocycles. The van der Waals surface area contributed by atoms with E-state index in [1.54, 1.807) is 14.0 Å². The van der Waals surface area contributed by atoms with E-state index in [1.165, 1.54) is 0 Å². The fourth-order valence-electron chi connectivity index (χ4n) is 1.90. The number of nitrogens with zero attached hydrogens (tertiary/aromatic N) is 2.